The second kappa shape index (κ2) is 11.9. The topological polar surface area (TPSA) is 64.3 Å². The molecular weight excluding hydrogens is 496 g/mol. The van der Waals surface area contributed by atoms with Crippen molar-refractivity contribution < 1.29 is 14.6 Å². The van der Waals surface area contributed by atoms with Gasteiger partial charge in [-0.1, -0.05) is 85.3 Å². The predicted octanol–water partition coefficient (Wildman–Crippen LogP) is 8.11. The number of carbonyl (C=O) groups is 1. The van der Waals surface area contributed by atoms with Crippen LogP contribution < -0.4 is 0 Å². The van der Waals surface area contributed by atoms with Gasteiger partial charge in [0.05, 0.1) is 6.20 Å². The first kappa shape index (κ1) is 26.0. The Morgan fingerprint density at radius 3 is 2.17 bits per heavy atom. The molecular formula is C35H34N2O3. The van der Waals surface area contributed by atoms with Crippen LogP contribution in [-0.2, 0) is 9.53 Å². The van der Waals surface area contributed by atoms with Crippen LogP contribution in [0.3, 0.4) is 0 Å². The zero-order chi connectivity index (χ0) is 27.3. The second-order valence-electron chi connectivity index (χ2n) is 10.7. The quantitative estimate of drug-likeness (QED) is 0.185. The maximum Gasteiger partial charge on any atom is 0.328 e. The summed E-state index contributed by atoms with van der Waals surface area (Å²) in [6.45, 7) is 0.797. The smallest absolute Gasteiger partial charge is 0.328 e. The van der Waals surface area contributed by atoms with Crippen LogP contribution in [0.4, 0.5) is 0 Å². The van der Waals surface area contributed by atoms with E-state index in [1.54, 1.807) is 6.08 Å². The van der Waals surface area contributed by atoms with Gasteiger partial charge >= 0.3 is 5.97 Å². The molecule has 40 heavy (non-hydrogen) atoms. The van der Waals surface area contributed by atoms with Gasteiger partial charge in [0.2, 0.25) is 0 Å². The summed E-state index contributed by atoms with van der Waals surface area (Å²) in [6, 6.07) is 27.8. The number of benzene rings is 3. The molecule has 1 aliphatic heterocycles. The van der Waals surface area contributed by atoms with Crippen molar-refractivity contribution in [1.29, 1.82) is 0 Å². The standard InChI is InChI=1S/C35H34N2O3/c38-33(39)21-14-25-12-15-29(16-13-25)35(34(28-9-6-10-28)27-7-2-1-3-8-27)30-19-17-26(18-20-30)31-23-36-37(24-31)32-11-4-5-22-40-32/h1-3,7-8,12-21,23-24,28,32H,4-6,9-11,22H2,(H,38,39). The Balaban J connectivity index is 1.39. The molecule has 5 heteroatoms. The number of aromatic nitrogens is 2. The molecule has 202 valence electrons. The lowest BCUT2D eigenvalue weighted by Gasteiger charge is -2.31. The van der Waals surface area contributed by atoms with Gasteiger partial charge in [0.1, 0.15) is 6.23 Å². The molecule has 2 fully saturated rings. The lowest BCUT2D eigenvalue weighted by molar-refractivity contribution is -0.131. The average molecular weight is 531 g/mol. The highest BCUT2D eigenvalue weighted by atomic mass is 16.5. The van der Waals surface area contributed by atoms with E-state index in [-0.39, 0.29) is 6.23 Å². The van der Waals surface area contributed by atoms with Gasteiger partial charge in [-0.2, -0.15) is 5.10 Å². The van der Waals surface area contributed by atoms with E-state index in [1.807, 2.05) is 23.0 Å². The third-order valence-corrected chi connectivity index (χ3v) is 8.04. The molecule has 3 aromatic carbocycles. The second-order valence-corrected chi connectivity index (χ2v) is 10.7. The van der Waals surface area contributed by atoms with Crippen LogP contribution in [0.1, 0.15) is 67.0 Å². The predicted molar refractivity (Wildman–Crippen MR) is 159 cm³/mol. The molecule has 1 saturated carbocycles. The van der Waals surface area contributed by atoms with Gasteiger partial charge in [0, 0.05) is 24.4 Å². The van der Waals surface area contributed by atoms with E-state index in [1.165, 1.54) is 54.0 Å². The number of ether oxygens (including phenoxy) is 1. The van der Waals surface area contributed by atoms with Gasteiger partial charge in [-0.3, -0.25) is 0 Å². The monoisotopic (exact) mass is 530 g/mol. The van der Waals surface area contributed by atoms with Crippen LogP contribution in [0.15, 0.2) is 97.3 Å². The van der Waals surface area contributed by atoms with Crippen molar-refractivity contribution in [3.05, 3.63) is 120 Å². The first-order valence-corrected chi connectivity index (χ1v) is 14.2. The van der Waals surface area contributed by atoms with Crippen LogP contribution in [0, 0.1) is 5.92 Å². The van der Waals surface area contributed by atoms with Gasteiger partial charge < -0.3 is 9.84 Å². The third kappa shape index (κ3) is 5.70. The summed E-state index contributed by atoms with van der Waals surface area (Å²) in [6.07, 6.45) is 13.8. The molecule has 2 aliphatic rings. The summed E-state index contributed by atoms with van der Waals surface area (Å²) >= 11 is 0. The van der Waals surface area contributed by atoms with Crippen molar-refractivity contribution in [2.75, 3.05) is 6.61 Å². The average Bonchev–Trinajstić information content (AvgIpc) is 3.47. The molecule has 1 saturated heterocycles. The lowest BCUT2D eigenvalue weighted by atomic mass is 9.73. The largest absolute Gasteiger partial charge is 0.478 e. The van der Waals surface area contributed by atoms with Crippen molar-refractivity contribution in [2.45, 2.75) is 44.8 Å². The number of carboxylic acids is 1. The summed E-state index contributed by atoms with van der Waals surface area (Å²) < 4.78 is 7.87. The molecule has 5 nitrogen and oxygen atoms in total. The fourth-order valence-electron chi connectivity index (χ4n) is 5.71. The molecule has 0 spiro atoms. The van der Waals surface area contributed by atoms with E-state index in [0.29, 0.717) is 5.92 Å². The van der Waals surface area contributed by atoms with Crippen LogP contribution in [-0.4, -0.2) is 27.5 Å². The van der Waals surface area contributed by atoms with Crippen molar-refractivity contribution >= 4 is 23.2 Å². The maximum absolute atomic E-state index is 11.0. The van der Waals surface area contributed by atoms with E-state index < -0.39 is 5.97 Å². The maximum atomic E-state index is 11.0. The number of aliphatic carboxylic acids is 1. The number of nitrogens with zero attached hydrogens (tertiary/aromatic N) is 2. The molecule has 0 bridgehead atoms. The van der Waals surface area contributed by atoms with Crippen molar-refractivity contribution in [2.24, 2.45) is 5.92 Å². The molecule has 1 N–H and O–H groups in total. The van der Waals surface area contributed by atoms with Crippen LogP contribution in [0.2, 0.25) is 0 Å². The Labute approximate surface area is 235 Å². The molecule has 1 atom stereocenters. The van der Waals surface area contributed by atoms with Gasteiger partial charge in [-0.05, 0) is 83.1 Å². The van der Waals surface area contributed by atoms with E-state index in [2.05, 4.69) is 78.0 Å². The Bertz CT molecular complexity index is 1510. The summed E-state index contributed by atoms with van der Waals surface area (Å²) in [4.78, 5) is 11.0. The Morgan fingerprint density at radius 2 is 1.55 bits per heavy atom. The number of rotatable bonds is 8. The molecule has 0 radical (unpaired) electrons. The lowest BCUT2D eigenvalue weighted by Crippen LogP contribution is -2.18. The summed E-state index contributed by atoms with van der Waals surface area (Å²) in [5, 5.41) is 13.6. The third-order valence-electron chi connectivity index (χ3n) is 8.04. The fraction of sp³-hybridized carbons (Fsp3) is 0.257. The Hall–Kier alpha value is -4.22. The van der Waals surface area contributed by atoms with Gasteiger partial charge in [-0.25, -0.2) is 9.48 Å². The van der Waals surface area contributed by atoms with Crippen LogP contribution >= 0.6 is 0 Å². The highest BCUT2D eigenvalue weighted by Gasteiger charge is 2.27. The first-order valence-electron chi connectivity index (χ1n) is 14.2. The van der Waals surface area contributed by atoms with E-state index in [0.717, 1.165) is 41.7 Å². The molecule has 1 unspecified atom stereocenters. The van der Waals surface area contributed by atoms with E-state index in [9.17, 15) is 4.79 Å². The number of hydrogen-bond donors (Lipinski definition) is 1. The van der Waals surface area contributed by atoms with Crippen molar-refractivity contribution in [3.63, 3.8) is 0 Å². The SMILES string of the molecule is O=C(O)C=Cc1ccc(C(=C(c2ccccc2)C2CCC2)c2ccc(-c3cnn(C4CCCCO4)c3)cc2)cc1. The van der Waals surface area contributed by atoms with E-state index in [4.69, 9.17) is 9.84 Å². The van der Waals surface area contributed by atoms with Gasteiger partial charge in [0.25, 0.3) is 0 Å². The summed E-state index contributed by atoms with van der Waals surface area (Å²) in [5.41, 5.74) is 9.27. The van der Waals surface area contributed by atoms with Crippen molar-refractivity contribution in [1.82, 2.24) is 9.78 Å². The fourth-order valence-corrected chi connectivity index (χ4v) is 5.71. The van der Waals surface area contributed by atoms with Crippen molar-refractivity contribution in [3.8, 4) is 11.1 Å². The number of allylic oxidation sites excluding steroid dienone is 1. The normalized spacial score (nSPS) is 18.4. The zero-order valence-corrected chi connectivity index (χ0v) is 22.6. The molecule has 0 amide bonds. The van der Waals surface area contributed by atoms with Crippen LogP contribution in [0.25, 0.3) is 28.3 Å². The number of carboxylic acid groups (broad SMARTS) is 1. The van der Waals surface area contributed by atoms with E-state index >= 15 is 0 Å². The van der Waals surface area contributed by atoms with Gasteiger partial charge in [-0.15, -0.1) is 0 Å². The molecule has 2 heterocycles. The minimum Gasteiger partial charge on any atom is -0.478 e. The van der Waals surface area contributed by atoms with Crippen LogP contribution in [0.5, 0.6) is 0 Å². The Morgan fingerprint density at radius 1 is 0.825 bits per heavy atom. The highest BCUT2D eigenvalue weighted by Crippen LogP contribution is 2.45. The Kier molecular flexibility index (Phi) is 7.73. The summed E-state index contributed by atoms with van der Waals surface area (Å²) in [5.74, 6) is -0.435. The molecule has 1 aromatic heterocycles. The molecule has 4 aromatic rings. The number of hydrogen-bond acceptors (Lipinski definition) is 3. The first-order chi connectivity index (χ1) is 19.7. The molecule has 6 rings (SSSR count). The minimum absolute atomic E-state index is 0.0283. The summed E-state index contributed by atoms with van der Waals surface area (Å²) in [7, 11) is 0. The minimum atomic E-state index is -0.946. The molecule has 1 aliphatic carbocycles. The van der Waals surface area contributed by atoms with Gasteiger partial charge in [0.15, 0.2) is 0 Å². The highest BCUT2D eigenvalue weighted by molar-refractivity contribution is 6.00. The zero-order valence-electron chi connectivity index (χ0n) is 22.6.